The first-order valence-corrected chi connectivity index (χ1v) is 16.9. The molecule has 4 heteroatoms. The third-order valence-corrected chi connectivity index (χ3v) is 11.8. The monoisotopic (exact) mass is 596 g/mol. The van der Waals surface area contributed by atoms with Crippen LogP contribution in [0.5, 0.6) is 11.5 Å². The lowest BCUT2D eigenvalue weighted by atomic mass is 9.46. The first kappa shape index (κ1) is 31.1. The van der Waals surface area contributed by atoms with Crippen LogP contribution in [0, 0.1) is 24.2 Å². The van der Waals surface area contributed by atoms with Gasteiger partial charge in [-0.05, 0) is 105 Å². The van der Waals surface area contributed by atoms with Crippen molar-refractivity contribution in [3.63, 3.8) is 0 Å². The largest absolute Gasteiger partial charge is 0.508 e. The van der Waals surface area contributed by atoms with Crippen LogP contribution in [0.2, 0.25) is 0 Å². The molecule has 0 spiro atoms. The highest BCUT2D eigenvalue weighted by molar-refractivity contribution is 5.95. The Morgan fingerprint density at radius 2 is 1.68 bits per heavy atom. The number of aliphatic hydroxyl groups excluding tert-OH is 1. The molecule has 44 heavy (non-hydrogen) atoms. The van der Waals surface area contributed by atoms with E-state index in [9.17, 15) is 15.0 Å². The Morgan fingerprint density at radius 3 is 2.32 bits per heavy atom. The molecule has 3 aliphatic rings. The van der Waals surface area contributed by atoms with Crippen LogP contribution in [0.1, 0.15) is 138 Å². The average molecular weight is 597 g/mol. The van der Waals surface area contributed by atoms with Crippen molar-refractivity contribution in [3.8, 4) is 11.5 Å². The second kappa shape index (κ2) is 10.6. The Kier molecular flexibility index (Phi) is 7.51. The van der Waals surface area contributed by atoms with Crippen LogP contribution < -0.4 is 4.74 Å². The van der Waals surface area contributed by atoms with Gasteiger partial charge in [-0.2, -0.15) is 0 Å². The molecule has 1 fully saturated rings. The molecule has 0 bridgehead atoms. The number of carbonyl (C=O) groups is 1. The zero-order valence-electron chi connectivity index (χ0n) is 28.5. The molecule has 5 atom stereocenters. The number of aliphatic hydroxyl groups is 1. The summed E-state index contributed by atoms with van der Waals surface area (Å²) in [4.78, 5) is 12.9. The highest BCUT2D eigenvalue weighted by Crippen LogP contribution is 2.66. The number of Topliss-reactive ketones (excluding diaryl/α,β-unsaturated/α-hetero) is 1. The number of fused-ring (bicyclic) bond motifs is 10. The van der Waals surface area contributed by atoms with E-state index >= 15 is 0 Å². The fourth-order valence-electron chi connectivity index (χ4n) is 9.31. The maximum absolute atomic E-state index is 12.9. The summed E-state index contributed by atoms with van der Waals surface area (Å²) < 4.78 is 7.34. The summed E-state index contributed by atoms with van der Waals surface area (Å²) in [7, 11) is 0. The number of benzene rings is 3. The zero-order chi connectivity index (χ0) is 32.0. The predicted octanol–water partition coefficient (Wildman–Crippen LogP) is 9.22. The molecular formula is C40H52O4. The summed E-state index contributed by atoms with van der Waals surface area (Å²) in [6.07, 6.45) is 2.22. The second-order valence-electron chi connectivity index (χ2n) is 15.9. The molecule has 3 aromatic carbocycles. The minimum absolute atomic E-state index is 0.0150. The molecule has 1 saturated carbocycles. The van der Waals surface area contributed by atoms with Crippen LogP contribution in [0.4, 0.5) is 0 Å². The van der Waals surface area contributed by atoms with E-state index in [0.717, 1.165) is 24.2 Å². The van der Waals surface area contributed by atoms with Crippen LogP contribution in [0.15, 0.2) is 30.3 Å². The van der Waals surface area contributed by atoms with Gasteiger partial charge in [-0.15, -0.1) is 0 Å². The molecule has 1 unspecified atom stereocenters. The lowest BCUT2D eigenvalue weighted by Gasteiger charge is -2.59. The van der Waals surface area contributed by atoms with E-state index in [1.54, 1.807) is 0 Å². The van der Waals surface area contributed by atoms with Gasteiger partial charge in [0.2, 0.25) is 0 Å². The van der Waals surface area contributed by atoms with E-state index in [0.29, 0.717) is 24.4 Å². The topological polar surface area (TPSA) is 66.8 Å². The van der Waals surface area contributed by atoms with E-state index in [4.69, 9.17) is 4.74 Å². The van der Waals surface area contributed by atoms with Crippen molar-refractivity contribution >= 4 is 16.6 Å². The summed E-state index contributed by atoms with van der Waals surface area (Å²) in [5.41, 5.74) is 7.69. The van der Waals surface area contributed by atoms with Gasteiger partial charge in [0.25, 0.3) is 0 Å². The minimum atomic E-state index is -0.431. The van der Waals surface area contributed by atoms with Gasteiger partial charge in [0.05, 0.1) is 12.0 Å². The predicted molar refractivity (Wildman–Crippen MR) is 179 cm³/mol. The number of aromatic hydroxyl groups is 1. The Hall–Kier alpha value is -2.85. The molecule has 3 aromatic rings. The van der Waals surface area contributed by atoms with Crippen molar-refractivity contribution in [2.75, 3.05) is 0 Å². The molecule has 0 radical (unpaired) electrons. The zero-order valence-corrected chi connectivity index (χ0v) is 28.5. The number of carbonyl (C=O) groups excluding carboxylic acids is 1. The maximum Gasteiger partial charge on any atom is 0.135 e. The van der Waals surface area contributed by atoms with Crippen LogP contribution in [0.25, 0.3) is 10.8 Å². The second-order valence-corrected chi connectivity index (χ2v) is 15.9. The Balaban J connectivity index is 1.71. The summed E-state index contributed by atoms with van der Waals surface area (Å²) in [6, 6.07) is 11.1. The van der Waals surface area contributed by atoms with Crippen molar-refractivity contribution in [2.45, 2.75) is 130 Å². The first-order valence-electron chi connectivity index (χ1n) is 16.9. The Morgan fingerprint density at radius 1 is 1.00 bits per heavy atom. The van der Waals surface area contributed by atoms with Gasteiger partial charge in [-0.3, -0.25) is 4.79 Å². The molecule has 0 amide bonds. The smallest absolute Gasteiger partial charge is 0.135 e. The van der Waals surface area contributed by atoms with Crippen molar-refractivity contribution in [1.29, 1.82) is 0 Å². The third-order valence-electron chi connectivity index (χ3n) is 11.8. The number of phenolic OH excluding ortho intramolecular Hbond substituents is 1. The maximum atomic E-state index is 12.9. The number of aryl methyl sites for hydroxylation is 2. The molecule has 2 aliphatic carbocycles. The van der Waals surface area contributed by atoms with Crippen molar-refractivity contribution in [3.05, 3.63) is 69.3 Å². The van der Waals surface area contributed by atoms with Crippen LogP contribution in [0.3, 0.4) is 0 Å². The quantitative estimate of drug-likeness (QED) is 0.298. The SMILES string of the molecule is Cc1ccc2cc(C(C)C)c3c(c2c1CCC(=O)C(C)C)[C@H]1c2cc(C(C)C)c(O)cc2[C@@]2(C)CC[C@H](O)C(C)(C)C2[C@H]1O3. The van der Waals surface area contributed by atoms with E-state index in [-0.39, 0.29) is 41.1 Å². The normalized spacial score (nSPS) is 26.9. The molecule has 4 nitrogen and oxygen atoms in total. The van der Waals surface area contributed by atoms with Crippen LogP contribution in [-0.4, -0.2) is 28.2 Å². The number of rotatable bonds is 6. The molecule has 1 aliphatic heterocycles. The van der Waals surface area contributed by atoms with E-state index < -0.39 is 11.5 Å². The Labute approximate surface area is 264 Å². The molecular weight excluding hydrogens is 544 g/mol. The molecule has 0 aromatic heterocycles. The van der Waals surface area contributed by atoms with Crippen molar-refractivity contribution in [1.82, 2.24) is 0 Å². The van der Waals surface area contributed by atoms with Gasteiger partial charge in [0, 0.05) is 23.8 Å². The van der Waals surface area contributed by atoms with Gasteiger partial charge in [-0.25, -0.2) is 0 Å². The van der Waals surface area contributed by atoms with E-state index in [1.807, 2.05) is 13.8 Å². The minimum Gasteiger partial charge on any atom is -0.508 e. The van der Waals surface area contributed by atoms with Gasteiger partial charge in [0.15, 0.2) is 0 Å². The molecule has 236 valence electrons. The average Bonchev–Trinajstić information content (AvgIpc) is 3.33. The number of phenols is 1. The highest BCUT2D eigenvalue weighted by Gasteiger charge is 2.63. The van der Waals surface area contributed by atoms with Crippen LogP contribution in [-0.2, 0) is 16.6 Å². The van der Waals surface area contributed by atoms with Gasteiger partial charge in [0.1, 0.15) is 23.4 Å². The summed E-state index contributed by atoms with van der Waals surface area (Å²) in [5, 5.41) is 25.3. The van der Waals surface area contributed by atoms with Gasteiger partial charge >= 0.3 is 0 Å². The molecule has 1 heterocycles. The van der Waals surface area contributed by atoms with Gasteiger partial charge < -0.3 is 14.9 Å². The summed E-state index contributed by atoms with van der Waals surface area (Å²) in [5.74, 6) is 2.11. The first-order chi connectivity index (χ1) is 20.6. The standard InChI is InChI=1S/C40H52O4/c1-20(2)26-18-28-29(19-31(26)42)40(10)16-15-32(43)39(8,9)38(40)37-34(28)35-33-24(17-27(21(3)4)36(35)44-37)12-11-23(7)25(33)13-14-30(41)22(5)6/h11-12,17-22,32,34,37-38,42-43H,13-16H2,1-10H3/t32-,34+,37-,38?,40+/m0/s1. The lowest BCUT2D eigenvalue weighted by molar-refractivity contribution is -0.121. The summed E-state index contributed by atoms with van der Waals surface area (Å²) in [6.45, 7) is 21.7. The number of hydrogen-bond donors (Lipinski definition) is 2. The molecule has 6 rings (SSSR count). The number of ketones is 1. The number of ether oxygens (including phenoxy) is 1. The Bertz CT molecular complexity index is 1640. The lowest BCUT2D eigenvalue weighted by Crippen LogP contribution is -2.60. The third kappa shape index (κ3) is 4.45. The van der Waals surface area contributed by atoms with Crippen molar-refractivity contribution in [2.24, 2.45) is 17.3 Å². The van der Waals surface area contributed by atoms with E-state index in [1.165, 1.54) is 44.2 Å². The fourth-order valence-corrected chi connectivity index (χ4v) is 9.31. The van der Waals surface area contributed by atoms with Crippen LogP contribution >= 0.6 is 0 Å². The number of hydrogen-bond acceptors (Lipinski definition) is 4. The van der Waals surface area contributed by atoms with E-state index in [2.05, 4.69) is 85.7 Å². The van der Waals surface area contributed by atoms with Gasteiger partial charge in [-0.1, -0.05) is 80.5 Å². The highest BCUT2D eigenvalue weighted by atomic mass is 16.5. The summed E-state index contributed by atoms with van der Waals surface area (Å²) >= 11 is 0. The van der Waals surface area contributed by atoms with Crippen molar-refractivity contribution < 1.29 is 19.7 Å². The fraction of sp³-hybridized carbons (Fsp3) is 0.575. The molecule has 0 saturated heterocycles. The molecule has 2 N–H and O–H groups in total.